The summed E-state index contributed by atoms with van der Waals surface area (Å²) < 4.78 is 0. The summed E-state index contributed by atoms with van der Waals surface area (Å²) in [7, 11) is 0. The lowest BCUT2D eigenvalue weighted by molar-refractivity contribution is 0.772. The van der Waals surface area contributed by atoms with Crippen molar-refractivity contribution in [2.45, 2.75) is 19.9 Å². The molecule has 0 aliphatic heterocycles. The van der Waals surface area contributed by atoms with Gasteiger partial charge < -0.3 is 10.6 Å². The number of rotatable bonds is 4. The van der Waals surface area contributed by atoms with Crippen LogP contribution in [0, 0.1) is 6.92 Å². The van der Waals surface area contributed by atoms with Gasteiger partial charge in [0.15, 0.2) is 0 Å². The second kappa shape index (κ2) is 6.53. The maximum Gasteiger partial charge on any atom is 0.0652 e. The van der Waals surface area contributed by atoms with Crippen molar-refractivity contribution in [1.82, 2.24) is 4.98 Å². The third kappa shape index (κ3) is 3.19. The molecule has 1 aromatic heterocycles. The van der Waals surface area contributed by atoms with Gasteiger partial charge in [0.1, 0.15) is 0 Å². The van der Waals surface area contributed by atoms with Crippen LogP contribution < -0.4 is 10.6 Å². The molecule has 3 rings (SSSR count). The second-order valence-corrected chi connectivity index (χ2v) is 5.72. The van der Waals surface area contributed by atoms with Crippen LogP contribution in [0.5, 0.6) is 0 Å². The minimum atomic E-state index is 0.143. The van der Waals surface area contributed by atoms with E-state index >= 15 is 0 Å². The summed E-state index contributed by atoms with van der Waals surface area (Å²) >= 11 is 0. The predicted octanol–water partition coefficient (Wildman–Crippen LogP) is 4.87. The molecule has 0 saturated heterocycles. The van der Waals surface area contributed by atoms with Gasteiger partial charge >= 0.3 is 0 Å². The fourth-order valence-electron chi connectivity index (χ4n) is 2.81. The first-order valence-electron chi connectivity index (χ1n) is 7.77. The lowest BCUT2D eigenvalue weighted by Crippen LogP contribution is -2.22. The van der Waals surface area contributed by atoms with Crippen molar-refractivity contribution in [2.24, 2.45) is 0 Å². The van der Waals surface area contributed by atoms with Crippen molar-refractivity contribution in [2.75, 3.05) is 10.6 Å². The highest BCUT2D eigenvalue weighted by atomic mass is 15.2. The second-order valence-electron chi connectivity index (χ2n) is 5.72. The molecule has 0 aliphatic rings. The van der Waals surface area contributed by atoms with Gasteiger partial charge in [-0.1, -0.05) is 24.3 Å². The van der Waals surface area contributed by atoms with Gasteiger partial charge in [-0.15, -0.1) is 0 Å². The summed E-state index contributed by atoms with van der Waals surface area (Å²) in [6.07, 6.45) is 3.66. The Hall–Kier alpha value is -2.81. The van der Waals surface area contributed by atoms with Gasteiger partial charge in [-0.05, 0) is 61.4 Å². The van der Waals surface area contributed by atoms with Crippen LogP contribution in [0.15, 0.2) is 73.1 Å². The van der Waals surface area contributed by atoms with Crippen LogP contribution in [0.3, 0.4) is 0 Å². The van der Waals surface area contributed by atoms with Gasteiger partial charge in [0.25, 0.3) is 0 Å². The van der Waals surface area contributed by atoms with Gasteiger partial charge in [-0.25, -0.2) is 0 Å². The molecule has 1 heterocycles. The average molecular weight is 303 g/mol. The van der Waals surface area contributed by atoms with Crippen LogP contribution >= 0.6 is 0 Å². The summed E-state index contributed by atoms with van der Waals surface area (Å²) in [4.78, 5) is 6.40. The van der Waals surface area contributed by atoms with E-state index in [0.717, 1.165) is 17.1 Å². The number of para-hydroxylation sites is 1. The van der Waals surface area contributed by atoms with E-state index < -0.39 is 0 Å². The Morgan fingerprint density at radius 2 is 1.65 bits per heavy atom. The zero-order valence-electron chi connectivity index (χ0n) is 13.5. The van der Waals surface area contributed by atoms with E-state index in [1.165, 1.54) is 11.1 Å². The highest BCUT2D eigenvalue weighted by Gasteiger charge is 2.20. The van der Waals surface area contributed by atoms with E-state index in [0.29, 0.717) is 0 Å². The Labute approximate surface area is 137 Å². The molecular formula is C20H21N3. The highest BCUT2D eigenvalue weighted by molar-refractivity contribution is 5.76. The van der Waals surface area contributed by atoms with Gasteiger partial charge in [0.05, 0.1) is 17.4 Å². The molecule has 2 N–H and O–H groups in total. The molecule has 0 radical (unpaired) electrons. The Balaban J connectivity index is 2.13. The van der Waals surface area contributed by atoms with Crippen LogP contribution in [0.2, 0.25) is 0 Å². The molecule has 3 heteroatoms. The molecule has 3 nitrogen and oxygen atoms in total. The fourth-order valence-corrected chi connectivity index (χ4v) is 2.81. The van der Waals surface area contributed by atoms with Crippen molar-refractivity contribution >= 4 is 17.1 Å². The molecule has 0 saturated carbocycles. The first-order valence-corrected chi connectivity index (χ1v) is 7.77. The molecular weight excluding hydrogens is 282 g/mol. The number of hydrogen-bond donors (Lipinski definition) is 1. The van der Waals surface area contributed by atoms with Crippen LogP contribution in [0.4, 0.5) is 17.1 Å². The molecule has 2 aromatic carbocycles. The smallest absolute Gasteiger partial charge is 0.0652 e. The normalized spacial score (nSPS) is 11.9. The Morgan fingerprint density at radius 1 is 0.957 bits per heavy atom. The predicted molar refractivity (Wildman–Crippen MR) is 96.8 cm³/mol. The van der Waals surface area contributed by atoms with Crippen molar-refractivity contribution in [3.8, 4) is 0 Å². The third-order valence-electron chi connectivity index (χ3n) is 4.06. The van der Waals surface area contributed by atoms with E-state index in [9.17, 15) is 0 Å². The number of anilines is 3. The van der Waals surface area contributed by atoms with E-state index in [2.05, 4.69) is 41.9 Å². The molecule has 0 fully saturated rings. The number of benzene rings is 2. The van der Waals surface area contributed by atoms with Crippen molar-refractivity contribution in [3.05, 3.63) is 84.2 Å². The monoisotopic (exact) mass is 303 g/mol. The maximum atomic E-state index is 6.29. The Kier molecular flexibility index (Phi) is 4.29. The van der Waals surface area contributed by atoms with Gasteiger partial charge in [-0.2, -0.15) is 0 Å². The quantitative estimate of drug-likeness (QED) is 0.699. The first-order chi connectivity index (χ1) is 11.2. The molecule has 0 aliphatic carbocycles. The van der Waals surface area contributed by atoms with E-state index in [1.807, 2.05) is 54.9 Å². The number of hydrogen-bond acceptors (Lipinski definition) is 3. The zero-order chi connectivity index (χ0) is 16.2. The number of nitrogens with zero attached hydrogens (tertiary/aromatic N) is 2. The SMILES string of the molecule is Cc1ccc(N)c(N(c2ccccc2)C(C)c2ccncc2)c1. The number of aromatic nitrogens is 1. The van der Waals surface area contributed by atoms with Crippen LogP contribution in [0.25, 0.3) is 0 Å². The molecule has 1 atom stereocenters. The van der Waals surface area contributed by atoms with Gasteiger partial charge in [0.2, 0.25) is 0 Å². The van der Waals surface area contributed by atoms with E-state index in [1.54, 1.807) is 0 Å². The minimum Gasteiger partial charge on any atom is -0.397 e. The summed E-state index contributed by atoms with van der Waals surface area (Å²) in [6.45, 7) is 4.27. The standard InChI is InChI=1S/C20H21N3/c1-15-8-9-19(21)20(14-15)23(18-6-4-3-5-7-18)16(2)17-10-12-22-13-11-17/h3-14,16H,21H2,1-2H3. The van der Waals surface area contributed by atoms with Gasteiger partial charge in [-0.3, -0.25) is 4.98 Å². The fraction of sp³-hybridized carbons (Fsp3) is 0.150. The number of nitrogens with two attached hydrogens (primary N) is 1. The molecule has 116 valence electrons. The third-order valence-corrected chi connectivity index (χ3v) is 4.06. The summed E-state index contributed by atoms with van der Waals surface area (Å²) in [5.74, 6) is 0. The summed E-state index contributed by atoms with van der Waals surface area (Å²) in [5.41, 5.74) is 11.6. The van der Waals surface area contributed by atoms with Crippen LogP contribution in [-0.2, 0) is 0 Å². The Morgan fingerprint density at radius 3 is 2.35 bits per heavy atom. The number of pyridine rings is 1. The lowest BCUT2D eigenvalue weighted by Gasteiger charge is -2.33. The number of aryl methyl sites for hydroxylation is 1. The Bertz CT molecular complexity index is 769. The molecule has 1 unspecified atom stereocenters. The van der Waals surface area contributed by atoms with E-state index in [4.69, 9.17) is 5.73 Å². The summed E-state index contributed by atoms with van der Waals surface area (Å²) in [5, 5.41) is 0. The van der Waals surface area contributed by atoms with E-state index in [-0.39, 0.29) is 6.04 Å². The molecule has 3 aromatic rings. The maximum absolute atomic E-state index is 6.29. The van der Waals surface area contributed by atoms with Crippen molar-refractivity contribution < 1.29 is 0 Å². The van der Waals surface area contributed by atoms with Crippen LogP contribution in [-0.4, -0.2) is 4.98 Å². The largest absolute Gasteiger partial charge is 0.397 e. The lowest BCUT2D eigenvalue weighted by atomic mass is 10.0. The van der Waals surface area contributed by atoms with Crippen molar-refractivity contribution in [3.63, 3.8) is 0 Å². The highest BCUT2D eigenvalue weighted by Crippen LogP contribution is 2.38. The molecule has 0 amide bonds. The average Bonchev–Trinajstić information content (AvgIpc) is 2.60. The molecule has 0 bridgehead atoms. The van der Waals surface area contributed by atoms with Crippen molar-refractivity contribution in [1.29, 1.82) is 0 Å². The molecule has 0 spiro atoms. The van der Waals surface area contributed by atoms with Gasteiger partial charge in [0, 0.05) is 18.1 Å². The minimum absolute atomic E-state index is 0.143. The number of nitrogen functional groups attached to an aromatic ring is 1. The van der Waals surface area contributed by atoms with Crippen LogP contribution in [0.1, 0.15) is 24.1 Å². The first kappa shape index (κ1) is 15.1. The summed E-state index contributed by atoms with van der Waals surface area (Å²) in [6, 6.07) is 20.7. The topological polar surface area (TPSA) is 42.1 Å². The zero-order valence-corrected chi connectivity index (χ0v) is 13.5. The molecule has 23 heavy (non-hydrogen) atoms.